The maximum Gasteiger partial charge on any atom is 0.250 e. The zero-order valence-electron chi connectivity index (χ0n) is 7.49. The number of hydrogen-bond donors (Lipinski definition) is 2. The number of nitrogens with one attached hydrogen (secondary N) is 1. The van der Waals surface area contributed by atoms with Crippen LogP contribution in [0.25, 0.3) is 0 Å². The van der Waals surface area contributed by atoms with Crippen LogP contribution in [-0.4, -0.2) is 25.6 Å². The fourth-order valence-corrected chi connectivity index (χ4v) is 2.22. The highest BCUT2D eigenvalue weighted by molar-refractivity contribution is 7.90. The minimum atomic E-state index is -3.42. The number of rotatable bonds is 4. The van der Waals surface area contributed by atoms with Gasteiger partial charge in [-0.1, -0.05) is 6.92 Å². The SMILES string of the molecule is CC[C@@H](N)C(=O)NS(=O)(=O)C1CC1. The first-order valence-electron chi connectivity index (χ1n) is 4.28. The largest absolute Gasteiger partial charge is 0.320 e. The molecule has 1 rings (SSSR count). The molecule has 1 aliphatic carbocycles. The van der Waals surface area contributed by atoms with Gasteiger partial charge in [0, 0.05) is 0 Å². The van der Waals surface area contributed by atoms with Crippen molar-refractivity contribution in [1.82, 2.24) is 4.72 Å². The molecule has 5 nitrogen and oxygen atoms in total. The zero-order chi connectivity index (χ0) is 10.1. The Morgan fingerprint density at radius 1 is 1.62 bits per heavy atom. The summed E-state index contributed by atoms with van der Waals surface area (Å²) in [5.41, 5.74) is 5.37. The summed E-state index contributed by atoms with van der Waals surface area (Å²) in [7, 11) is -3.42. The van der Waals surface area contributed by atoms with Crippen LogP contribution in [0.2, 0.25) is 0 Å². The molecule has 1 atom stereocenters. The van der Waals surface area contributed by atoms with Gasteiger partial charge in [-0.15, -0.1) is 0 Å². The molecule has 0 bridgehead atoms. The molecule has 13 heavy (non-hydrogen) atoms. The van der Waals surface area contributed by atoms with Crippen molar-refractivity contribution in [3.8, 4) is 0 Å². The van der Waals surface area contributed by atoms with Crippen molar-refractivity contribution in [2.45, 2.75) is 37.5 Å². The first-order chi connectivity index (χ1) is 5.97. The molecule has 1 saturated carbocycles. The summed E-state index contributed by atoms with van der Waals surface area (Å²) in [5, 5.41) is -0.375. The standard InChI is InChI=1S/C7H14N2O3S/c1-2-6(8)7(10)9-13(11,12)5-3-4-5/h5-6H,2-4,8H2,1H3,(H,9,10)/t6-/m1/s1. The monoisotopic (exact) mass is 206 g/mol. The van der Waals surface area contributed by atoms with E-state index in [2.05, 4.69) is 0 Å². The van der Waals surface area contributed by atoms with Gasteiger partial charge in [0.2, 0.25) is 15.9 Å². The Bertz CT molecular complexity index is 295. The van der Waals surface area contributed by atoms with Crippen molar-refractivity contribution in [3.63, 3.8) is 0 Å². The summed E-state index contributed by atoms with van der Waals surface area (Å²) in [5.74, 6) is -0.602. The van der Waals surface area contributed by atoms with E-state index in [1.54, 1.807) is 6.92 Å². The molecule has 0 unspecified atom stereocenters. The number of amides is 1. The number of sulfonamides is 1. The van der Waals surface area contributed by atoms with Gasteiger partial charge in [-0.25, -0.2) is 8.42 Å². The summed E-state index contributed by atoms with van der Waals surface area (Å²) in [6, 6.07) is -0.728. The average molecular weight is 206 g/mol. The van der Waals surface area contributed by atoms with Crippen LogP contribution in [0.4, 0.5) is 0 Å². The number of carbonyl (C=O) groups is 1. The van der Waals surface area contributed by atoms with Gasteiger partial charge in [0.05, 0.1) is 11.3 Å². The Balaban J connectivity index is 2.52. The molecule has 0 saturated heterocycles. The van der Waals surface area contributed by atoms with Crippen molar-refractivity contribution < 1.29 is 13.2 Å². The third-order valence-electron chi connectivity index (χ3n) is 1.98. The summed E-state index contributed by atoms with van der Waals surface area (Å²) in [6.45, 7) is 1.73. The second-order valence-corrected chi connectivity index (χ2v) is 5.19. The van der Waals surface area contributed by atoms with Gasteiger partial charge in [-0.3, -0.25) is 9.52 Å². The number of hydrogen-bond acceptors (Lipinski definition) is 4. The smallest absolute Gasteiger partial charge is 0.250 e. The molecule has 3 N–H and O–H groups in total. The molecule has 1 aliphatic rings. The first-order valence-corrected chi connectivity index (χ1v) is 5.83. The molecule has 0 aromatic rings. The third kappa shape index (κ3) is 2.67. The Labute approximate surface area is 77.7 Å². The van der Waals surface area contributed by atoms with E-state index in [4.69, 9.17) is 5.73 Å². The van der Waals surface area contributed by atoms with Crippen LogP contribution in [-0.2, 0) is 14.8 Å². The maximum absolute atomic E-state index is 11.2. The first kappa shape index (κ1) is 10.5. The molecule has 0 aromatic carbocycles. The molecule has 1 amide bonds. The lowest BCUT2D eigenvalue weighted by Crippen LogP contribution is -2.44. The topological polar surface area (TPSA) is 89.3 Å². The third-order valence-corrected chi connectivity index (χ3v) is 3.82. The van der Waals surface area contributed by atoms with Crippen LogP contribution in [0.15, 0.2) is 0 Å². The van der Waals surface area contributed by atoms with Crippen molar-refractivity contribution in [3.05, 3.63) is 0 Å². The lowest BCUT2D eigenvalue weighted by molar-refractivity contribution is -0.120. The van der Waals surface area contributed by atoms with Crippen LogP contribution < -0.4 is 10.5 Å². The van der Waals surface area contributed by atoms with Gasteiger partial charge in [0.25, 0.3) is 0 Å². The molecule has 0 aliphatic heterocycles. The molecule has 0 radical (unpaired) electrons. The van der Waals surface area contributed by atoms with Crippen LogP contribution in [0, 0.1) is 0 Å². The summed E-state index contributed by atoms with van der Waals surface area (Å²) < 4.78 is 24.4. The predicted octanol–water partition coefficient (Wildman–Crippen LogP) is -0.668. The number of carbonyl (C=O) groups excluding carboxylic acids is 1. The fourth-order valence-electron chi connectivity index (χ4n) is 0.863. The van der Waals surface area contributed by atoms with Gasteiger partial charge in [-0.05, 0) is 19.3 Å². The normalized spacial score (nSPS) is 19.5. The second kappa shape index (κ2) is 3.63. The van der Waals surface area contributed by atoms with Crippen molar-refractivity contribution in [2.75, 3.05) is 0 Å². The average Bonchev–Trinajstić information content (AvgIpc) is 2.84. The minimum Gasteiger partial charge on any atom is -0.320 e. The van der Waals surface area contributed by atoms with E-state index < -0.39 is 22.0 Å². The molecule has 76 valence electrons. The van der Waals surface area contributed by atoms with Crippen LogP contribution in [0.1, 0.15) is 26.2 Å². The summed E-state index contributed by atoms with van der Waals surface area (Å²) in [4.78, 5) is 11.1. The Kier molecular flexibility index (Phi) is 2.92. The van der Waals surface area contributed by atoms with E-state index in [-0.39, 0.29) is 5.25 Å². The van der Waals surface area contributed by atoms with E-state index >= 15 is 0 Å². The summed E-state index contributed by atoms with van der Waals surface area (Å²) in [6.07, 6.45) is 1.72. The van der Waals surface area contributed by atoms with Crippen molar-refractivity contribution in [1.29, 1.82) is 0 Å². The van der Waals surface area contributed by atoms with Gasteiger partial charge in [0.1, 0.15) is 0 Å². The Hall–Kier alpha value is -0.620. The van der Waals surface area contributed by atoms with Crippen LogP contribution in [0.3, 0.4) is 0 Å². The van der Waals surface area contributed by atoms with Gasteiger partial charge < -0.3 is 5.73 Å². The molecule has 6 heteroatoms. The number of nitrogens with two attached hydrogens (primary N) is 1. The Morgan fingerprint density at radius 2 is 2.15 bits per heavy atom. The van der Waals surface area contributed by atoms with Crippen LogP contribution >= 0.6 is 0 Å². The van der Waals surface area contributed by atoms with E-state index in [9.17, 15) is 13.2 Å². The van der Waals surface area contributed by atoms with Gasteiger partial charge >= 0.3 is 0 Å². The van der Waals surface area contributed by atoms with Gasteiger partial charge in [-0.2, -0.15) is 0 Å². The molecular weight excluding hydrogens is 192 g/mol. The van der Waals surface area contributed by atoms with E-state index in [0.29, 0.717) is 19.3 Å². The highest BCUT2D eigenvalue weighted by atomic mass is 32.2. The van der Waals surface area contributed by atoms with E-state index in [0.717, 1.165) is 0 Å². The summed E-state index contributed by atoms with van der Waals surface area (Å²) >= 11 is 0. The fraction of sp³-hybridized carbons (Fsp3) is 0.857. The Morgan fingerprint density at radius 3 is 2.54 bits per heavy atom. The molecular formula is C7H14N2O3S. The quantitative estimate of drug-likeness (QED) is 0.638. The predicted molar refractivity (Wildman–Crippen MR) is 48.4 cm³/mol. The lowest BCUT2D eigenvalue weighted by Gasteiger charge is -2.09. The van der Waals surface area contributed by atoms with Crippen LogP contribution in [0.5, 0.6) is 0 Å². The van der Waals surface area contributed by atoms with Crippen molar-refractivity contribution in [2.24, 2.45) is 5.73 Å². The highest BCUT2D eigenvalue weighted by Gasteiger charge is 2.37. The maximum atomic E-state index is 11.2. The highest BCUT2D eigenvalue weighted by Crippen LogP contribution is 2.27. The van der Waals surface area contributed by atoms with E-state index in [1.807, 2.05) is 4.72 Å². The molecule has 0 heterocycles. The molecule has 0 aromatic heterocycles. The second-order valence-electron chi connectivity index (χ2n) is 3.23. The lowest BCUT2D eigenvalue weighted by atomic mass is 10.2. The molecule has 0 spiro atoms. The molecule has 1 fully saturated rings. The minimum absolute atomic E-state index is 0.375. The van der Waals surface area contributed by atoms with E-state index in [1.165, 1.54) is 0 Å². The van der Waals surface area contributed by atoms with Gasteiger partial charge in [0.15, 0.2) is 0 Å². The zero-order valence-corrected chi connectivity index (χ0v) is 8.30. The van der Waals surface area contributed by atoms with Crippen molar-refractivity contribution >= 4 is 15.9 Å².